The van der Waals surface area contributed by atoms with E-state index in [9.17, 15) is 8.42 Å². The zero-order valence-corrected chi connectivity index (χ0v) is 13.1. The van der Waals surface area contributed by atoms with Gasteiger partial charge in [-0.3, -0.25) is 0 Å². The van der Waals surface area contributed by atoms with Crippen LogP contribution in [-0.4, -0.2) is 40.2 Å². The highest BCUT2D eigenvalue weighted by Gasteiger charge is 2.34. The average Bonchev–Trinajstić information content (AvgIpc) is 2.58. The van der Waals surface area contributed by atoms with E-state index in [4.69, 9.17) is 0 Å². The van der Waals surface area contributed by atoms with E-state index in [2.05, 4.69) is 20.9 Å². The van der Waals surface area contributed by atoms with Crippen molar-refractivity contribution in [3.63, 3.8) is 0 Å². The molecule has 1 rings (SSSR count). The molecule has 98 valence electrons. The van der Waals surface area contributed by atoms with Crippen molar-refractivity contribution in [2.24, 2.45) is 7.05 Å². The first-order valence-corrected chi connectivity index (χ1v) is 7.74. The number of hydrogen-bond acceptors (Lipinski definition) is 3. The minimum atomic E-state index is -3.54. The van der Waals surface area contributed by atoms with E-state index in [-0.39, 0.29) is 5.03 Å². The van der Waals surface area contributed by atoms with Gasteiger partial charge in [0.2, 0.25) is 0 Å². The van der Waals surface area contributed by atoms with Crippen LogP contribution in [0, 0.1) is 6.92 Å². The number of aryl methyl sites for hydroxylation is 2. The second-order valence-electron chi connectivity index (χ2n) is 4.66. The van der Waals surface area contributed by atoms with E-state index in [1.54, 1.807) is 25.6 Å². The van der Waals surface area contributed by atoms with Gasteiger partial charge in [-0.25, -0.2) is 13.4 Å². The highest BCUT2D eigenvalue weighted by Crippen LogP contribution is 2.23. The molecule has 0 radical (unpaired) electrons. The van der Waals surface area contributed by atoms with Crippen molar-refractivity contribution in [2.45, 2.75) is 31.3 Å². The van der Waals surface area contributed by atoms with E-state index in [1.165, 1.54) is 10.5 Å². The molecule has 1 aromatic heterocycles. The van der Waals surface area contributed by atoms with Crippen LogP contribution in [0.25, 0.3) is 0 Å². The zero-order chi connectivity index (χ0) is 13.4. The molecule has 0 amide bonds. The lowest BCUT2D eigenvalue weighted by atomic mass is 10.1. The van der Waals surface area contributed by atoms with Gasteiger partial charge >= 0.3 is 0 Å². The number of alkyl halides is 1. The standard InChI is InChI=1S/C10H18BrN3O2S/c1-8-12-9(6-13(8)4)17(15,16)14(5)10(2,3)7-11/h6H,7H2,1-5H3. The molecule has 0 aliphatic rings. The molecule has 0 N–H and O–H groups in total. The third-order valence-electron chi connectivity index (χ3n) is 2.89. The summed E-state index contributed by atoms with van der Waals surface area (Å²) in [5.41, 5.74) is -0.496. The van der Waals surface area contributed by atoms with Gasteiger partial charge in [0.05, 0.1) is 0 Å². The normalized spacial score (nSPS) is 13.4. The first-order valence-electron chi connectivity index (χ1n) is 5.18. The zero-order valence-electron chi connectivity index (χ0n) is 10.7. The summed E-state index contributed by atoms with van der Waals surface area (Å²) in [6.07, 6.45) is 1.53. The molecule has 1 heterocycles. The van der Waals surface area contributed by atoms with Gasteiger partial charge in [0.25, 0.3) is 10.0 Å². The minimum Gasteiger partial charge on any atom is -0.337 e. The lowest BCUT2D eigenvalue weighted by molar-refractivity contribution is 0.298. The Bertz CT molecular complexity index is 488. The summed E-state index contributed by atoms with van der Waals surface area (Å²) < 4.78 is 27.7. The van der Waals surface area contributed by atoms with Gasteiger partial charge in [-0.15, -0.1) is 0 Å². The lowest BCUT2D eigenvalue weighted by Gasteiger charge is -2.32. The quantitative estimate of drug-likeness (QED) is 0.789. The second-order valence-corrected chi connectivity index (χ2v) is 7.13. The molecule has 0 saturated carbocycles. The number of rotatable bonds is 4. The minimum absolute atomic E-state index is 0.0917. The van der Waals surface area contributed by atoms with Crippen LogP contribution in [0.1, 0.15) is 19.7 Å². The molecular weight excluding hydrogens is 306 g/mol. The maximum absolute atomic E-state index is 12.3. The van der Waals surface area contributed by atoms with Crippen LogP contribution in [0.4, 0.5) is 0 Å². The molecule has 0 bridgehead atoms. The summed E-state index contributed by atoms with van der Waals surface area (Å²) in [7, 11) is -0.194. The van der Waals surface area contributed by atoms with Crippen LogP contribution in [0.5, 0.6) is 0 Å². The molecule has 1 aromatic rings. The Morgan fingerprint density at radius 1 is 1.53 bits per heavy atom. The first-order chi connectivity index (χ1) is 7.63. The van der Waals surface area contributed by atoms with Gasteiger partial charge in [-0.1, -0.05) is 15.9 Å². The van der Waals surface area contributed by atoms with Crippen LogP contribution in [0.15, 0.2) is 11.2 Å². The number of imidazole rings is 1. The van der Waals surface area contributed by atoms with E-state index >= 15 is 0 Å². The van der Waals surface area contributed by atoms with Gasteiger partial charge < -0.3 is 4.57 Å². The maximum Gasteiger partial charge on any atom is 0.262 e. The number of aromatic nitrogens is 2. The van der Waals surface area contributed by atoms with Crippen molar-refractivity contribution in [3.8, 4) is 0 Å². The molecular formula is C10H18BrN3O2S. The number of nitrogens with zero attached hydrogens (tertiary/aromatic N) is 3. The molecule has 0 aliphatic carbocycles. The van der Waals surface area contributed by atoms with Gasteiger partial charge in [0, 0.05) is 31.2 Å². The van der Waals surface area contributed by atoms with Crippen molar-refractivity contribution >= 4 is 26.0 Å². The Morgan fingerprint density at radius 3 is 2.41 bits per heavy atom. The van der Waals surface area contributed by atoms with E-state index in [0.29, 0.717) is 11.2 Å². The smallest absolute Gasteiger partial charge is 0.262 e. The van der Waals surface area contributed by atoms with Crippen molar-refractivity contribution in [1.29, 1.82) is 0 Å². The predicted molar refractivity (Wildman–Crippen MR) is 70.8 cm³/mol. The highest BCUT2D eigenvalue weighted by molar-refractivity contribution is 9.09. The Balaban J connectivity index is 3.20. The van der Waals surface area contributed by atoms with Gasteiger partial charge in [-0.2, -0.15) is 4.31 Å². The SMILES string of the molecule is Cc1nc(S(=O)(=O)N(C)C(C)(C)CBr)cn1C. The Hall–Kier alpha value is -0.400. The summed E-state index contributed by atoms with van der Waals surface area (Å²) in [4.78, 5) is 4.07. The summed E-state index contributed by atoms with van der Waals surface area (Å²) >= 11 is 3.32. The fourth-order valence-corrected chi connectivity index (χ4v) is 3.28. The van der Waals surface area contributed by atoms with Crippen LogP contribution in [-0.2, 0) is 17.1 Å². The average molecular weight is 324 g/mol. The van der Waals surface area contributed by atoms with E-state index in [0.717, 1.165) is 0 Å². The molecule has 17 heavy (non-hydrogen) atoms. The van der Waals surface area contributed by atoms with Crippen LogP contribution < -0.4 is 0 Å². The van der Waals surface area contributed by atoms with Gasteiger partial charge in [-0.05, 0) is 20.8 Å². The molecule has 0 aromatic carbocycles. The Labute approximate surface area is 111 Å². The molecule has 0 unspecified atom stereocenters. The Kier molecular flexibility index (Phi) is 4.05. The molecule has 0 saturated heterocycles. The molecule has 0 fully saturated rings. The molecule has 7 heteroatoms. The molecule has 5 nitrogen and oxygen atoms in total. The van der Waals surface area contributed by atoms with Crippen molar-refractivity contribution in [1.82, 2.24) is 13.9 Å². The van der Waals surface area contributed by atoms with Crippen molar-refractivity contribution in [3.05, 3.63) is 12.0 Å². The predicted octanol–water partition coefficient (Wildman–Crippen LogP) is 1.52. The van der Waals surface area contributed by atoms with E-state index < -0.39 is 15.6 Å². The topological polar surface area (TPSA) is 55.2 Å². The van der Waals surface area contributed by atoms with Gasteiger partial charge in [0.1, 0.15) is 5.82 Å². The van der Waals surface area contributed by atoms with Gasteiger partial charge in [0.15, 0.2) is 5.03 Å². The number of halogens is 1. The molecule has 0 spiro atoms. The van der Waals surface area contributed by atoms with Crippen molar-refractivity contribution < 1.29 is 8.42 Å². The Morgan fingerprint density at radius 2 is 2.06 bits per heavy atom. The maximum atomic E-state index is 12.3. The van der Waals surface area contributed by atoms with E-state index in [1.807, 2.05) is 13.8 Å². The third-order valence-corrected chi connectivity index (χ3v) is 6.20. The lowest BCUT2D eigenvalue weighted by Crippen LogP contribution is -2.46. The molecule has 0 atom stereocenters. The van der Waals surface area contributed by atoms with Crippen LogP contribution in [0.3, 0.4) is 0 Å². The number of hydrogen-bond donors (Lipinski definition) is 0. The molecule has 0 aliphatic heterocycles. The van der Waals surface area contributed by atoms with Crippen LogP contribution >= 0.6 is 15.9 Å². The monoisotopic (exact) mass is 323 g/mol. The van der Waals surface area contributed by atoms with Crippen LogP contribution in [0.2, 0.25) is 0 Å². The summed E-state index contributed by atoms with van der Waals surface area (Å²) in [6, 6.07) is 0. The number of sulfonamides is 1. The third kappa shape index (κ3) is 2.71. The summed E-state index contributed by atoms with van der Waals surface area (Å²) in [5, 5.41) is 0.649. The fourth-order valence-electron chi connectivity index (χ4n) is 1.20. The fraction of sp³-hybridized carbons (Fsp3) is 0.700. The van der Waals surface area contributed by atoms with Crippen molar-refractivity contribution in [2.75, 3.05) is 12.4 Å². The summed E-state index contributed by atoms with van der Waals surface area (Å²) in [5.74, 6) is 0.675. The largest absolute Gasteiger partial charge is 0.337 e. The second kappa shape index (κ2) is 4.70. The highest BCUT2D eigenvalue weighted by atomic mass is 79.9. The first kappa shape index (κ1) is 14.7. The summed E-state index contributed by atoms with van der Waals surface area (Å²) in [6.45, 7) is 5.48.